The fraction of sp³-hybridized carbons (Fsp3) is 0.714. The number of hydrogen-bond acceptors (Lipinski definition) is 5. The van der Waals surface area contributed by atoms with Crippen LogP contribution in [0.4, 0.5) is 11.6 Å². The Morgan fingerprint density at radius 3 is 2.63 bits per heavy atom. The number of nitrogens with one attached hydrogen (secondary N) is 1. The van der Waals surface area contributed by atoms with Crippen LogP contribution in [0.1, 0.15) is 19.8 Å². The first-order valence-corrected chi connectivity index (χ1v) is 7.35. The van der Waals surface area contributed by atoms with Gasteiger partial charge in [-0.05, 0) is 25.3 Å². The van der Waals surface area contributed by atoms with E-state index in [0.717, 1.165) is 50.9 Å². The second-order valence-electron chi connectivity index (χ2n) is 5.68. The van der Waals surface area contributed by atoms with Crippen molar-refractivity contribution in [1.82, 2.24) is 15.3 Å². The summed E-state index contributed by atoms with van der Waals surface area (Å²) in [6.45, 7) is 8.79. The Labute approximate surface area is 115 Å². The zero-order chi connectivity index (χ0) is 13.1. The van der Waals surface area contributed by atoms with E-state index in [0.29, 0.717) is 5.92 Å². The predicted molar refractivity (Wildman–Crippen MR) is 77.7 cm³/mol. The molecule has 2 aliphatic rings. The zero-order valence-electron chi connectivity index (χ0n) is 11.7. The van der Waals surface area contributed by atoms with E-state index < -0.39 is 0 Å². The van der Waals surface area contributed by atoms with E-state index in [9.17, 15) is 0 Å². The Morgan fingerprint density at radius 1 is 1.11 bits per heavy atom. The lowest BCUT2D eigenvalue weighted by Crippen LogP contribution is -2.30. The average Bonchev–Trinajstić information content (AvgIpc) is 2.88. The minimum absolute atomic E-state index is 0.660. The smallest absolute Gasteiger partial charge is 0.134 e. The molecule has 1 aromatic rings. The Kier molecular flexibility index (Phi) is 3.82. The van der Waals surface area contributed by atoms with Crippen LogP contribution in [0.25, 0.3) is 0 Å². The summed E-state index contributed by atoms with van der Waals surface area (Å²) >= 11 is 0. The summed E-state index contributed by atoms with van der Waals surface area (Å²) in [5, 5.41) is 3.47. The van der Waals surface area contributed by atoms with Crippen LogP contribution in [0, 0.1) is 5.92 Å². The average molecular weight is 261 g/mol. The fourth-order valence-electron chi connectivity index (χ4n) is 2.93. The molecule has 3 heterocycles. The molecular formula is C14H23N5. The van der Waals surface area contributed by atoms with Gasteiger partial charge in [-0.15, -0.1) is 0 Å². The summed E-state index contributed by atoms with van der Waals surface area (Å²) in [6, 6.07) is 2.16. The van der Waals surface area contributed by atoms with Crippen LogP contribution in [0.2, 0.25) is 0 Å². The van der Waals surface area contributed by atoms with Crippen LogP contribution < -0.4 is 15.1 Å². The van der Waals surface area contributed by atoms with Crippen molar-refractivity contribution >= 4 is 11.6 Å². The molecule has 3 rings (SSSR count). The summed E-state index contributed by atoms with van der Waals surface area (Å²) in [4.78, 5) is 13.6. The van der Waals surface area contributed by atoms with Crippen molar-refractivity contribution in [1.29, 1.82) is 0 Å². The Balaban J connectivity index is 1.77. The summed E-state index contributed by atoms with van der Waals surface area (Å²) < 4.78 is 0. The maximum atomic E-state index is 4.47. The summed E-state index contributed by atoms with van der Waals surface area (Å²) in [6.07, 6.45) is 4.28. The van der Waals surface area contributed by atoms with Gasteiger partial charge in [0.05, 0.1) is 0 Å². The molecule has 1 atom stereocenters. The lowest BCUT2D eigenvalue weighted by Gasteiger charge is -2.24. The van der Waals surface area contributed by atoms with Crippen molar-refractivity contribution < 1.29 is 0 Å². The molecule has 2 saturated heterocycles. The van der Waals surface area contributed by atoms with Gasteiger partial charge in [0, 0.05) is 38.8 Å². The van der Waals surface area contributed by atoms with Crippen LogP contribution in [0.15, 0.2) is 12.4 Å². The van der Waals surface area contributed by atoms with Crippen molar-refractivity contribution in [3.8, 4) is 0 Å². The van der Waals surface area contributed by atoms with Gasteiger partial charge in [0.2, 0.25) is 0 Å². The summed E-state index contributed by atoms with van der Waals surface area (Å²) in [7, 11) is 0. The van der Waals surface area contributed by atoms with Crippen LogP contribution >= 0.6 is 0 Å². The molecule has 19 heavy (non-hydrogen) atoms. The van der Waals surface area contributed by atoms with Crippen molar-refractivity contribution in [2.24, 2.45) is 5.92 Å². The van der Waals surface area contributed by atoms with E-state index in [4.69, 9.17) is 0 Å². The number of rotatable bonds is 2. The molecular weight excluding hydrogens is 238 g/mol. The van der Waals surface area contributed by atoms with E-state index >= 15 is 0 Å². The molecule has 1 aromatic heterocycles. The monoisotopic (exact) mass is 261 g/mol. The number of aromatic nitrogens is 2. The van der Waals surface area contributed by atoms with Gasteiger partial charge >= 0.3 is 0 Å². The van der Waals surface area contributed by atoms with Crippen LogP contribution in [-0.4, -0.2) is 49.2 Å². The van der Waals surface area contributed by atoms with Gasteiger partial charge in [0.25, 0.3) is 0 Å². The molecule has 2 fully saturated rings. The van der Waals surface area contributed by atoms with E-state index in [1.807, 2.05) is 0 Å². The largest absolute Gasteiger partial charge is 0.356 e. The standard InChI is InChI=1S/C14H23N5/c1-12-9-15-4-7-19(10-12)14-8-13(16-11-17-14)18-5-2-3-6-18/h8,11-12,15H,2-7,9-10H2,1H3. The molecule has 0 saturated carbocycles. The highest BCUT2D eigenvalue weighted by atomic mass is 15.2. The second kappa shape index (κ2) is 5.74. The molecule has 2 aliphatic heterocycles. The molecule has 1 unspecified atom stereocenters. The lowest BCUT2D eigenvalue weighted by molar-refractivity contribution is 0.563. The maximum Gasteiger partial charge on any atom is 0.134 e. The zero-order valence-corrected chi connectivity index (χ0v) is 11.7. The molecule has 104 valence electrons. The van der Waals surface area contributed by atoms with Gasteiger partial charge in [-0.1, -0.05) is 6.92 Å². The molecule has 1 N–H and O–H groups in total. The summed E-state index contributed by atoms with van der Waals surface area (Å²) in [5.41, 5.74) is 0. The third kappa shape index (κ3) is 2.97. The molecule has 0 amide bonds. The van der Waals surface area contributed by atoms with Crippen molar-refractivity contribution in [3.05, 3.63) is 12.4 Å². The molecule has 0 aromatic carbocycles. The molecule has 0 aliphatic carbocycles. The number of anilines is 2. The predicted octanol–water partition coefficient (Wildman–Crippen LogP) is 1.12. The normalized spacial score (nSPS) is 24.6. The van der Waals surface area contributed by atoms with Gasteiger partial charge in [0.15, 0.2) is 0 Å². The first kappa shape index (κ1) is 12.7. The van der Waals surface area contributed by atoms with E-state index in [1.165, 1.54) is 12.8 Å². The SMILES string of the molecule is CC1CNCCN(c2cc(N3CCCC3)ncn2)C1. The van der Waals surface area contributed by atoms with Crippen molar-refractivity contribution in [2.45, 2.75) is 19.8 Å². The Bertz CT molecular complexity index is 416. The second-order valence-corrected chi connectivity index (χ2v) is 5.68. The summed E-state index contributed by atoms with van der Waals surface area (Å²) in [5.74, 6) is 2.83. The van der Waals surface area contributed by atoms with Crippen molar-refractivity contribution in [2.75, 3.05) is 49.1 Å². The molecule has 0 spiro atoms. The first-order valence-electron chi connectivity index (χ1n) is 7.35. The third-order valence-corrected chi connectivity index (χ3v) is 3.98. The quantitative estimate of drug-likeness (QED) is 0.864. The van der Waals surface area contributed by atoms with Crippen LogP contribution in [0.3, 0.4) is 0 Å². The van der Waals surface area contributed by atoms with Crippen LogP contribution in [0.5, 0.6) is 0 Å². The molecule has 5 nitrogen and oxygen atoms in total. The van der Waals surface area contributed by atoms with E-state index in [2.05, 4.69) is 38.1 Å². The van der Waals surface area contributed by atoms with E-state index in [1.54, 1.807) is 6.33 Å². The highest BCUT2D eigenvalue weighted by Crippen LogP contribution is 2.22. The first-order chi connectivity index (χ1) is 9.33. The Hall–Kier alpha value is -1.36. The minimum atomic E-state index is 0.660. The van der Waals surface area contributed by atoms with Crippen molar-refractivity contribution in [3.63, 3.8) is 0 Å². The van der Waals surface area contributed by atoms with Gasteiger partial charge < -0.3 is 15.1 Å². The third-order valence-electron chi connectivity index (χ3n) is 3.98. The van der Waals surface area contributed by atoms with Gasteiger partial charge in [-0.25, -0.2) is 9.97 Å². The van der Waals surface area contributed by atoms with Crippen LogP contribution in [-0.2, 0) is 0 Å². The fourth-order valence-corrected chi connectivity index (χ4v) is 2.93. The van der Waals surface area contributed by atoms with Gasteiger partial charge in [-0.3, -0.25) is 0 Å². The maximum absolute atomic E-state index is 4.47. The number of nitrogens with zero attached hydrogens (tertiary/aromatic N) is 4. The molecule has 0 radical (unpaired) electrons. The lowest BCUT2D eigenvalue weighted by atomic mass is 10.2. The number of hydrogen-bond donors (Lipinski definition) is 1. The van der Waals surface area contributed by atoms with Gasteiger partial charge in [-0.2, -0.15) is 0 Å². The van der Waals surface area contributed by atoms with Gasteiger partial charge in [0.1, 0.15) is 18.0 Å². The molecule has 0 bridgehead atoms. The molecule has 5 heteroatoms. The Morgan fingerprint density at radius 2 is 1.84 bits per heavy atom. The topological polar surface area (TPSA) is 44.3 Å². The highest BCUT2D eigenvalue weighted by molar-refractivity contribution is 5.50. The highest BCUT2D eigenvalue weighted by Gasteiger charge is 2.18. The van der Waals surface area contributed by atoms with E-state index in [-0.39, 0.29) is 0 Å². The minimum Gasteiger partial charge on any atom is -0.356 e.